The third-order valence-electron chi connectivity index (χ3n) is 3.25. The van der Waals surface area contributed by atoms with E-state index in [1.807, 2.05) is 18.3 Å². The SMILES string of the molecule is CCC1=NC(=C(c2ccccc2)c2ccc[nH]2)C=C1. The zero-order valence-corrected chi connectivity index (χ0v) is 10.9. The predicted octanol–water partition coefficient (Wildman–Crippen LogP) is 4.19. The van der Waals surface area contributed by atoms with Gasteiger partial charge < -0.3 is 4.98 Å². The van der Waals surface area contributed by atoms with Crippen molar-refractivity contribution in [1.82, 2.24) is 4.98 Å². The average Bonchev–Trinajstić information content (AvgIpc) is 3.12. The summed E-state index contributed by atoms with van der Waals surface area (Å²) in [6.45, 7) is 2.13. The Morgan fingerprint density at radius 3 is 2.53 bits per heavy atom. The molecule has 3 rings (SSSR count). The van der Waals surface area contributed by atoms with Crippen LogP contribution in [0.15, 0.2) is 71.5 Å². The van der Waals surface area contributed by atoms with Gasteiger partial charge in [-0.1, -0.05) is 37.3 Å². The second-order valence-corrected chi connectivity index (χ2v) is 4.50. The highest BCUT2D eigenvalue weighted by atomic mass is 14.8. The number of hydrogen-bond acceptors (Lipinski definition) is 1. The van der Waals surface area contributed by atoms with E-state index in [4.69, 9.17) is 4.99 Å². The Balaban J connectivity index is 2.17. The van der Waals surface area contributed by atoms with Crippen LogP contribution in [0, 0.1) is 0 Å². The number of aromatic nitrogens is 1. The van der Waals surface area contributed by atoms with Crippen LogP contribution in [0.3, 0.4) is 0 Å². The van der Waals surface area contributed by atoms with Crippen molar-refractivity contribution in [2.24, 2.45) is 4.99 Å². The number of nitrogens with one attached hydrogen (secondary N) is 1. The Morgan fingerprint density at radius 1 is 1.05 bits per heavy atom. The van der Waals surface area contributed by atoms with E-state index in [9.17, 15) is 0 Å². The van der Waals surface area contributed by atoms with E-state index in [-0.39, 0.29) is 0 Å². The number of hydrogen-bond donors (Lipinski definition) is 1. The molecule has 0 aliphatic carbocycles. The highest BCUT2D eigenvalue weighted by Crippen LogP contribution is 2.29. The topological polar surface area (TPSA) is 28.1 Å². The second kappa shape index (κ2) is 5.11. The predicted molar refractivity (Wildman–Crippen MR) is 80.1 cm³/mol. The fraction of sp³-hybridized carbons (Fsp3) is 0.118. The number of aliphatic imine (C=N–C) groups is 1. The van der Waals surface area contributed by atoms with Gasteiger partial charge in [-0.3, -0.25) is 4.99 Å². The molecule has 0 amide bonds. The summed E-state index contributed by atoms with van der Waals surface area (Å²) in [7, 11) is 0. The minimum Gasteiger partial charge on any atom is -0.361 e. The summed E-state index contributed by atoms with van der Waals surface area (Å²) in [6, 6.07) is 14.5. The van der Waals surface area contributed by atoms with Crippen molar-refractivity contribution in [3.8, 4) is 0 Å². The first-order chi connectivity index (χ1) is 9.38. The highest BCUT2D eigenvalue weighted by Gasteiger charge is 2.13. The number of allylic oxidation sites excluding steroid dienone is 2. The van der Waals surface area contributed by atoms with Gasteiger partial charge in [0.05, 0.1) is 5.70 Å². The molecule has 1 aliphatic rings. The van der Waals surface area contributed by atoms with Crippen molar-refractivity contribution in [1.29, 1.82) is 0 Å². The zero-order chi connectivity index (χ0) is 13.1. The van der Waals surface area contributed by atoms with Crippen LogP contribution >= 0.6 is 0 Å². The van der Waals surface area contributed by atoms with Crippen LogP contribution in [0.25, 0.3) is 5.57 Å². The molecule has 1 aromatic carbocycles. The fourth-order valence-corrected chi connectivity index (χ4v) is 2.27. The van der Waals surface area contributed by atoms with Gasteiger partial charge in [-0.05, 0) is 36.3 Å². The minimum atomic E-state index is 0.965. The second-order valence-electron chi connectivity index (χ2n) is 4.50. The summed E-state index contributed by atoms with van der Waals surface area (Å²) >= 11 is 0. The van der Waals surface area contributed by atoms with Gasteiger partial charge in [-0.15, -0.1) is 0 Å². The summed E-state index contributed by atoms with van der Waals surface area (Å²) in [5, 5.41) is 0. The van der Waals surface area contributed by atoms with Gasteiger partial charge >= 0.3 is 0 Å². The molecule has 0 unspecified atom stereocenters. The van der Waals surface area contributed by atoms with E-state index >= 15 is 0 Å². The molecule has 94 valence electrons. The van der Waals surface area contributed by atoms with E-state index in [1.54, 1.807) is 0 Å². The lowest BCUT2D eigenvalue weighted by Crippen LogP contribution is -1.92. The van der Waals surface area contributed by atoms with Crippen LogP contribution < -0.4 is 0 Å². The molecule has 0 saturated heterocycles. The summed E-state index contributed by atoms with van der Waals surface area (Å²) < 4.78 is 0. The molecule has 1 aliphatic heterocycles. The van der Waals surface area contributed by atoms with Gasteiger partial charge in [0, 0.05) is 23.2 Å². The summed E-state index contributed by atoms with van der Waals surface area (Å²) in [5.74, 6) is 0. The monoisotopic (exact) mass is 248 g/mol. The van der Waals surface area contributed by atoms with Crippen molar-refractivity contribution < 1.29 is 0 Å². The van der Waals surface area contributed by atoms with Gasteiger partial charge in [-0.2, -0.15) is 0 Å². The number of benzene rings is 1. The fourth-order valence-electron chi connectivity index (χ4n) is 2.27. The van der Waals surface area contributed by atoms with E-state index in [0.29, 0.717) is 0 Å². The molecule has 0 bridgehead atoms. The standard InChI is InChI=1S/C17H16N2/c1-2-14-10-11-16(19-14)17(15-9-6-12-18-15)13-7-4-3-5-8-13/h3-12,18H,2H2,1H3. The first-order valence-corrected chi connectivity index (χ1v) is 6.57. The van der Waals surface area contributed by atoms with Gasteiger partial charge in [0.1, 0.15) is 0 Å². The Morgan fingerprint density at radius 2 is 1.89 bits per heavy atom. The first-order valence-electron chi connectivity index (χ1n) is 6.57. The summed E-state index contributed by atoms with van der Waals surface area (Å²) in [5.41, 5.74) is 5.61. The molecule has 2 nitrogen and oxygen atoms in total. The molecule has 0 fully saturated rings. The van der Waals surface area contributed by atoms with Crippen molar-refractivity contribution in [2.75, 3.05) is 0 Å². The van der Waals surface area contributed by atoms with Crippen LogP contribution in [0.4, 0.5) is 0 Å². The van der Waals surface area contributed by atoms with Gasteiger partial charge in [0.15, 0.2) is 0 Å². The third-order valence-corrected chi connectivity index (χ3v) is 3.25. The normalized spacial score (nSPS) is 16.6. The Bertz CT molecular complexity index is 644. The summed E-state index contributed by atoms with van der Waals surface area (Å²) in [6.07, 6.45) is 7.11. The van der Waals surface area contributed by atoms with E-state index < -0.39 is 0 Å². The highest BCUT2D eigenvalue weighted by molar-refractivity contribution is 6.00. The summed E-state index contributed by atoms with van der Waals surface area (Å²) in [4.78, 5) is 7.99. The first kappa shape index (κ1) is 11.7. The number of rotatable bonds is 3. The van der Waals surface area contributed by atoms with Crippen molar-refractivity contribution in [3.63, 3.8) is 0 Å². The van der Waals surface area contributed by atoms with E-state index in [1.165, 1.54) is 5.56 Å². The maximum absolute atomic E-state index is 4.70. The molecule has 0 atom stereocenters. The van der Waals surface area contributed by atoms with Gasteiger partial charge in [-0.25, -0.2) is 0 Å². The molecule has 1 N–H and O–H groups in total. The minimum absolute atomic E-state index is 0.965. The molecule has 0 saturated carbocycles. The van der Waals surface area contributed by atoms with Crippen LogP contribution in [0.2, 0.25) is 0 Å². The largest absolute Gasteiger partial charge is 0.361 e. The number of aromatic amines is 1. The molecular formula is C17H16N2. The molecular weight excluding hydrogens is 232 g/mol. The molecule has 0 radical (unpaired) electrons. The van der Waals surface area contributed by atoms with Crippen molar-refractivity contribution >= 4 is 11.3 Å². The molecule has 19 heavy (non-hydrogen) atoms. The maximum Gasteiger partial charge on any atom is 0.0732 e. The number of H-pyrrole nitrogens is 1. The molecule has 2 aromatic rings. The molecule has 0 spiro atoms. The van der Waals surface area contributed by atoms with Crippen LogP contribution in [0.5, 0.6) is 0 Å². The van der Waals surface area contributed by atoms with E-state index in [0.717, 1.165) is 29.1 Å². The quantitative estimate of drug-likeness (QED) is 0.843. The lowest BCUT2D eigenvalue weighted by atomic mass is 10.0. The Kier molecular flexibility index (Phi) is 3.15. The van der Waals surface area contributed by atoms with Crippen LogP contribution in [-0.4, -0.2) is 10.7 Å². The van der Waals surface area contributed by atoms with Crippen LogP contribution in [-0.2, 0) is 0 Å². The van der Waals surface area contributed by atoms with Gasteiger partial charge in [0.25, 0.3) is 0 Å². The molecule has 2 heterocycles. The van der Waals surface area contributed by atoms with Gasteiger partial charge in [0.2, 0.25) is 0 Å². The van der Waals surface area contributed by atoms with Crippen molar-refractivity contribution in [3.05, 3.63) is 77.8 Å². The lowest BCUT2D eigenvalue weighted by Gasteiger charge is -2.08. The Hall–Kier alpha value is -2.35. The molecule has 2 heteroatoms. The van der Waals surface area contributed by atoms with E-state index in [2.05, 4.69) is 54.4 Å². The smallest absolute Gasteiger partial charge is 0.0732 e. The Labute approximate surface area is 113 Å². The molecule has 1 aromatic heterocycles. The number of nitrogens with zero attached hydrogens (tertiary/aromatic N) is 1. The zero-order valence-electron chi connectivity index (χ0n) is 10.9. The maximum atomic E-state index is 4.70. The third kappa shape index (κ3) is 2.29. The van der Waals surface area contributed by atoms with Crippen molar-refractivity contribution in [2.45, 2.75) is 13.3 Å². The lowest BCUT2D eigenvalue weighted by molar-refractivity contribution is 1.27. The average molecular weight is 248 g/mol. The van der Waals surface area contributed by atoms with Crippen LogP contribution in [0.1, 0.15) is 24.6 Å².